The van der Waals surface area contributed by atoms with Crippen molar-refractivity contribution in [1.82, 2.24) is 29.5 Å². The minimum absolute atomic E-state index is 0.00530. The van der Waals surface area contributed by atoms with E-state index >= 15 is 0 Å². The predicted molar refractivity (Wildman–Crippen MR) is 114 cm³/mol. The van der Waals surface area contributed by atoms with E-state index in [1.54, 1.807) is 12.3 Å². The highest BCUT2D eigenvalue weighted by Gasteiger charge is 2.33. The number of alkyl halides is 3. The Balaban J connectivity index is 0.000000202. The quantitative estimate of drug-likeness (QED) is 0.402. The predicted octanol–water partition coefficient (Wildman–Crippen LogP) is 4.97. The van der Waals surface area contributed by atoms with E-state index in [9.17, 15) is 22.4 Å². The number of carboxylic acid groups (broad SMARTS) is 1. The van der Waals surface area contributed by atoms with Gasteiger partial charge in [-0.1, -0.05) is 11.6 Å². The molecule has 8 nitrogen and oxygen atoms in total. The molecule has 13 heteroatoms. The molecule has 0 unspecified atom stereocenters. The molecule has 0 aliphatic carbocycles. The van der Waals surface area contributed by atoms with Gasteiger partial charge in [0, 0.05) is 24.3 Å². The molecule has 0 atom stereocenters. The average molecular weight is 497 g/mol. The van der Waals surface area contributed by atoms with Crippen molar-refractivity contribution in [2.75, 3.05) is 0 Å². The summed E-state index contributed by atoms with van der Waals surface area (Å²) in [4.78, 5) is 18.5. The van der Waals surface area contributed by atoms with Crippen LogP contribution in [0, 0.1) is 26.6 Å². The van der Waals surface area contributed by atoms with Crippen molar-refractivity contribution in [1.29, 1.82) is 0 Å². The molecule has 178 valence electrons. The van der Waals surface area contributed by atoms with Crippen LogP contribution in [0.15, 0.2) is 43.0 Å². The number of carboxylic acids is 1. The third-order valence-corrected chi connectivity index (χ3v) is 4.89. The van der Waals surface area contributed by atoms with E-state index in [2.05, 4.69) is 20.2 Å². The minimum atomic E-state index is -4.47. The zero-order valence-corrected chi connectivity index (χ0v) is 18.7. The molecule has 34 heavy (non-hydrogen) atoms. The van der Waals surface area contributed by atoms with Gasteiger partial charge in [0.25, 0.3) is 0 Å². The monoisotopic (exact) mass is 496 g/mol. The third-order valence-electron chi connectivity index (χ3n) is 4.68. The van der Waals surface area contributed by atoms with Crippen molar-refractivity contribution in [2.45, 2.75) is 26.9 Å². The molecule has 4 aromatic heterocycles. The zero-order valence-electron chi connectivity index (χ0n) is 18.0. The molecule has 4 aromatic rings. The van der Waals surface area contributed by atoms with Crippen LogP contribution in [0.5, 0.6) is 0 Å². The zero-order chi connectivity index (χ0) is 25.2. The first kappa shape index (κ1) is 24.8. The van der Waals surface area contributed by atoms with Gasteiger partial charge < -0.3 is 5.11 Å². The molecule has 0 bridgehead atoms. The van der Waals surface area contributed by atoms with Crippen molar-refractivity contribution < 1.29 is 27.5 Å². The molecule has 0 amide bonds. The summed E-state index contributed by atoms with van der Waals surface area (Å²) >= 11 is 5.59. The molecule has 0 aromatic carbocycles. The number of aryl methyl sites for hydroxylation is 2. The second-order valence-corrected chi connectivity index (χ2v) is 7.50. The van der Waals surface area contributed by atoms with E-state index in [1.165, 1.54) is 41.5 Å². The summed E-state index contributed by atoms with van der Waals surface area (Å²) in [5.41, 5.74) is 0.256. The molecule has 0 saturated heterocycles. The van der Waals surface area contributed by atoms with Crippen LogP contribution in [0.1, 0.15) is 32.9 Å². The fourth-order valence-corrected chi connectivity index (χ4v) is 3.10. The number of halogens is 5. The Kier molecular flexibility index (Phi) is 7.01. The Morgan fingerprint density at radius 3 is 2.24 bits per heavy atom. The molecule has 4 heterocycles. The van der Waals surface area contributed by atoms with Gasteiger partial charge in [-0.3, -0.25) is 0 Å². The molecule has 0 spiro atoms. The molecule has 0 aliphatic heterocycles. The standard InChI is InChI=1S/C12H10F3N3O2.C9H7ClFN3/c1-6-3-10(16-5-9(6)12(13,14)15)18-7(2)8(4-17-18)11(19)20;1-6-2-3-13-14(6)9-8(11)4-7(10)5-12-9/h3-5H,1-2H3,(H,19,20);2-5H,1H3. The summed E-state index contributed by atoms with van der Waals surface area (Å²) in [6.45, 7) is 4.64. The lowest BCUT2D eigenvalue weighted by molar-refractivity contribution is -0.138. The lowest BCUT2D eigenvalue weighted by Crippen LogP contribution is -2.11. The summed E-state index contributed by atoms with van der Waals surface area (Å²) in [6.07, 6.45) is 0.353. The van der Waals surface area contributed by atoms with Gasteiger partial charge in [0.1, 0.15) is 5.56 Å². The van der Waals surface area contributed by atoms with Crippen molar-refractivity contribution in [3.63, 3.8) is 0 Å². The van der Waals surface area contributed by atoms with E-state index < -0.39 is 23.5 Å². The van der Waals surface area contributed by atoms with E-state index in [-0.39, 0.29) is 27.8 Å². The van der Waals surface area contributed by atoms with Crippen LogP contribution >= 0.6 is 11.6 Å². The number of nitrogens with zero attached hydrogens (tertiary/aromatic N) is 6. The Morgan fingerprint density at radius 2 is 1.74 bits per heavy atom. The highest BCUT2D eigenvalue weighted by Crippen LogP contribution is 2.31. The molecule has 1 N–H and O–H groups in total. The molecular formula is C21H17ClF4N6O2. The summed E-state index contributed by atoms with van der Waals surface area (Å²) in [5, 5.41) is 17.0. The molecule has 0 saturated carbocycles. The summed E-state index contributed by atoms with van der Waals surface area (Å²) in [6, 6.07) is 4.20. The molecule has 0 radical (unpaired) electrons. The Hall–Kier alpha value is -3.80. The number of aromatic nitrogens is 6. The second-order valence-electron chi connectivity index (χ2n) is 7.06. The van der Waals surface area contributed by atoms with Crippen molar-refractivity contribution in [3.05, 3.63) is 81.9 Å². The van der Waals surface area contributed by atoms with E-state index in [0.717, 1.165) is 11.9 Å². The fourth-order valence-electron chi connectivity index (χ4n) is 2.96. The van der Waals surface area contributed by atoms with Crippen LogP contribution in [0.3, 0.4) is 0 Å². The van der Waals surface area contributed by atoms with Crippen molar-refractivity contribution in [3.8, 4) is 11.6 Å². The smallest absolute Gasteiger partial charge is 0.418 e. The third kappa shape index (κ3) is 5.22. The highest BCUT2D eigenvalue weighted by atomic mass is 35.5. The fraction of sp³-hybridized carbons (Fsp3) is 0.190. The average Bonchev–Trinajstić information content (AvgIpc) is 3.33. The molecule has 4 rings (SSSR count). The number of carbonyl (C=O) groups is 1. The Labute approximate surface area is 195 Å². The Bertz CT molecular complexity index is 1350. The van der Waals surface area contributed by atoms with Gasteiger partial charge in [-0.15, -0.1) is 0 Å². The van der Waals surface area contributed by atoms with E-state index in [1.807, 2.05) is 6.92 Å². The van der Waals surface area contributed by atoms with Gasteiger partial charge >= 0.3 is 12.1 Å². The number of pyridine rings is 2. The number of aromatic carboxylic acids is 1. The van der Waals surface area contributed by atoms with Crippen LogP contribution in [-0.2, 0) is 6.18 Å². The van der Waals surface area contributed by atoms with Crippen LogP contribution < -0.4 is 0 Å². The van der Waals surface area contributed by atoms with Crippen LogP contribution in [0.2, 0.25) is 5.02 Å². The maximum Gasteiger partial charge on any atom is 0.418 e. The summed E-state index contributed by atoms with van der Waals surface area (Å²) < 4.78 is 53.9. The van der Waals surface area contributed by atoms with Gasteiger partial charge in [-0.05, 0) is 44.5 Å². The maximum absolute atomic E-state index is 13.4. The number of hydrogen-bond acceptors (Lipinski definition) is 5. The normalized spacial score (nSPS) is 11.2. The highest BCUT2D eigenvalue weighted by molar-refractivity contribution is 6.30. The first-order valence-corrected chi connectivity index (χ1v) is 9.92. The lowest BCUT2D eigenvalue weighted by Gasteiger charge is -2.11. The van der Waals surface area contributed by atoms with Crippen LogP contribution in [0.25, 0.3) is 11.6 Å². The van der Waals surface area contributed by atoms with Crippen molar-refractivity contribution >= 4 is 17.6 Å². The van der Waals surface area contributed by atoms with Gasteiger partial charge in [0.15, 0.2) is 17.5 Å². The van der Waals surface area contributed by atoms with Gasteiger partial charge in [-0.25, -0.2) is 28.5 Å². The topological polar surface area (TPSA) is 98.7 Å². The summed E-state index contributed by atoms with van der Waals surface area (Å²) in [7, 11) is 0. The minimum Gasteiger partial charge on any atom is -0.478 e. The van der Waals surface area contributed by atoms with Gasteiger partial charge in [0.05, 0.1) is 22.5 Å². The summed E-state index contributed by atoms with van der Waals surface area (Å²) in [5.74, 6) is -1.33. The van der Waals surface area contributed by atoms with Crippen LogP contribution in [0.4, 0.5) is 17.6 Å². The van der Waals surface area contributed by atoms with Crippen LogP contribution in [-0.4, -0.2) is 40.6 Å². The lowest BCUT2D eigenvalue weighted by atomic mass is 10.1. The van der Waals surface area contributed by atoms with E-state index in [0.29, 0.717) is 11.9 Å². The molecule has 0 fully saturated rings. The van der Waals surface area contributed by atoms with E-state index in [4.69, 9.17) is 16.7 Å². The van der Waals surface area contributed by atoms with Crippen molar-refractivity contribution in [2.24, 2.45) is 0 Å². The SMILES string of the molecule is Cc1cc(-n2ncc(C(=O)O)c2C)ncc1C(F)(F)F.Cc1ccnn1-c1ncc(Cl)cc1F. The number of hydrogen-bond donors (Lipinski definition) is 1. The number of rotatable bonds is 3. The maximum atomic E-state index is 13.4. The first-order valence-electron chi connectivity index (χ1n) is 9.54. The van der Waals surface area contributed by atoms with Gasteiger partial charge in [0.2, 0.25) is 0 Å². The molecule has 0 aliphatic rings. The second kappa shape index (κ2) is 9.59. The molecular weight excluding hydrogens is 480 g/mol. The van der Waals surface area contributed by atoms with Gasteiger partial charge in [-0.2, -0.15) is 23.4 Å². The largest absolute Gasteiger partial charge is 0.478 e. The Morgan fingerprint density at radius 1 is 1.03 bits per heavy atom. The first-order chi connectivity index (χ1) is 15.9.